The van der Waals surface area contributed by atoms with Crippen LogP contribution in [-0.4, -0.2) is 73.2 Å². The van der Waals surface area contributed by atoms with Crippen LogP contribution in [0.3, 0.4) is 0 Å². The molecule has 8 nitrogen and oxygen atoms in total. The summed E-state index contributed by atoms with van der Waals surface area (Å²) in [5.74, 6) is 1.99. The number of aliphatic hydroxyl groups excluding tert-OH is 2. The zero-order chi connectivity index (χ0) is 28.1. The maximum absolute atomic E-state index is 13.0. The fourth-order valence-electron chi connectivity index (χ4n) is 5.37. The molecule has 1 atom stereocenters. The second-order valence-electron chi connectivity index (χ2n) is 10.1. The van der Waals surface area contributed by atoms with Crippen molar-refractivity contribution in [1.82, 2.24) is 10.2 Å². The molecule has 3 aromatic carbocycles. The van der Waals surface area contributed by atoms with Crippen molar-refractivity contribution in [3.8, 4) is 39.5 Å². The molecule has 2 aliphatic heterocycles. The van der Waals surface area contributed by atoms with Gasteiger partial charge in [-0.3, -0.25) is 9.69 Å². The van der Waals surface area contributed by atoms with Gasteiger partial charge in [0.1, 0.15) is 19.0 Å². The SMILES string of the molecule is COc1cc(-c2cccc(-c3ccc4c(c3)OCCO4)c2Cl)ccc1CN1CCCCC1C(=O)NC(CO)CO. The molecule has 0 aromatic heterocycles. The molecule has 3 aromatic rings. The molecule has 0 radical (unpaired) electrons. The first-order chi connectivity index (χ1) is 19.5. The van der Waals surface area contributed by atoms with Crippen LogP contribution in [0.25, 0.3) is 22.3 Å². The summed E-state index contributed by atoms with van der Waals surface area (Å²) in [4.78, 5) is 15.1. The third-order valence-electron chi connectivity index (χ3n) is 7.53. The Morgan fingerprint density at radius 3 is 2.45 bits per heavy atom. The van der Waals surface area contributed by atoms with Crippen molar-refractivity contribution in [2.75, 3.05) is 40.1 Å². The predicted molar refractivity (Wildman–Crippen MR) is 154 cm³/mol. The summed E-state index contributed by atoms with van der Waals surface area (Å²) in [5, 5.41) is 22.2. The molecule has 3 N–H and O–H groups in total. The van der Waals surface area contributed by atoms with Crippen molar-refractivity contribution >= 4 is 17.5 Å². The summed E-state index contributed by atoms with van der Waals surface area (Å²) in [6.07, 6.45) is 2.67. The van der Waals surface area contributed by atoms with Crippen LogP contribution >= 0.6 is 11.6 Å². The van der Waals surface area contributed by atoms with Crippen LogP contribution < -0.4 is 19.5 Å². The molecule has 1 fully saturated rings. The van der Waals surface area contributed by atoms with Crippen LogP contribution in [0.4, 0.5) is 0 Å². The first-order valence-electron chi connectivity index (χ1n) is 13.6. The van der Waals surface area contributed by atoms with Gasteiger partial charge in [-0.1, -0.05) is 54.4 Å². The number of amides is 1. The second kappa shape index (κ2) is 12.9. The zero-order valence-electron chi connectivity index (χ0n) is 22.6. The standard InChI is InChI=1S/C31H35ClN2O6/c1-38-28-15-20(8-9-22(28)17-34-12-3-2-7-26(34)31(37)33-23(18-35)19-36)24-5-4-6-25(30(24)32)21-10-11-27-29(16-21)40-14-13-39-27/h4-6,8-11,15-16,23,26,35-36H,2-3,7,12-14,17-19H2,1H3,(H,33,37). The average molecular weight is 567 g/mol. The summed E-state index contributed by atoms with van der Waals surface area (Å²) in [6, 6.07) is 16.8. The third kappa shape index (κ3) is 6.05. The minimum Gasteiger partial charge on any atom is -0.496 e. The van der Waals surface area contributed by atoms with Gasteiger partial charge < -0.3 is 29.7 Å². The van der Waals surface area contributed by atoms with E-state index in [1.807, 2.05) is 54.6 Å². The molecule has 9 heteroatoms. The van der Waals surface area contributed by atoms with Crippen molar-refractivity contribution in [3.05, 3.63) is 65.2 Å². The lowest BCUT2D eigenvalue weighted by molar-refractivity contribution is -0.129. The Balaban J connectivity index is 1.39. The van der Waals surface area contributed by atoms with Crippen LogP contribution in [0.15, 0.2) is 54.6 Å². The lowest BCUT2D eigenvalue weighted by atomic mass is 9.96. The number of ether oxygens (including phenoxy) is 3. The largest absolute Gasteiger partial charge is 0.496 e. The number of carbonyl (C=O) groups is 1. The van der Waals surface area contributed by atoms with Gasteiger partial charge in [0.2, 0.25) is 5.91 Å². The zero-order valence-corrected chi connectivity index (χ0v) is 23.3. The highest BCUT2D eigenvalue weighted by Crippen LogP contribution is 2.41. The molecule has 0 aliphatic carbocycles. The predicted octanol–water partition coefficient (Wildman–Crippen LogP) is 4.28. The van der Waals surface area contributed by atoms with E-state index in [-0.39, 0.29) is 25.2 Å². The average Bonchev–Trinajstić information content (AvgIpc) is 3.00. The molecular weight excluding hydrogens is 532 g/mol. The molecule has 1 amide bonds. The van der Waals surface area contributed by atoms with Crippen molar-refractivity contribution in [3.63, 3.8) is 0 Å². The minimum absolute atomic E-state index is 0.175. The summed E-state index contributed by atoms with van der Waals surface area (Å²) < 4.78 is 17.2. The topological polar surface area (TPSA) is 100 Å². The van der Waals surface area contributed by atoms with Gasteiger partial charge in [0.15, 0.2) is 11.5 Å². The molecular formula is C31H35ClN2O6. The van der Waals surface area contributed by atoms with Gasteiger partial charge >= 0.3 is 0 Å². The van der Waals surface area contributed by atoms with Crippen molar-refractivity contribution in [1.29, 1.82) is 0 Å². The van der Waals surface area contributed by atoms with Crippen LogP contribution in [-0.2, 0) is 11.3 Å². The number of carbonyl (C=O) groups excluding carboxylic acids is 1. The highest BCUT2D eigenvalue weighted by atomic mass is 35.5. The molecule has 1 unspecified atom stereocenters. The lowest BCUT2D eigenvalue weighted by Gasteiger charge is -2.35. The number of nitrogens with zero attached hydrogens (tertiary/aromatic N) is 1. The number of methoxy groups -OCH3 is 1. The van der Waals surface area contributed by atoms with E-state index in [0.29, 0.717) is 36.3 Å². The maximum atomic E-state index is 13.0. The van der Waals surface area contributed by atoms with E-state index in [1.165, 1.54) is 0 Å². The highest BCUT2D eigenvalue weighted by molar-refractivity contribution is 6.36. The van der Waals surface area contributed by atoms with Gasteiger partial charge in [-0.15, -0.1) is 0 Å². The molecule has 0 bridgehead atoms. The van der Waals surface area contributed by atoms with Gasteiger partial charge in [-0.25, -0.2) is 0 Å². The minimum atomic E-state index is -0.659. The van der Waals surface area contributed by atoms with Crippen molar-refractivity contribution < 1.29 is 29.2 Å². The lowest BCUT2D eigenvalue weighted by Crippen LogP contribution is -2.52. The Bertz CT molecular complexity index is 1350. The van der Waals surface area contributed by atoms with Gasteiger partial charge in [0, 0.05) is 23.2 Å². The Hall–Kier alpha value is -3.30. The Morgan fingerprint density at radius 2 is 1.73 bits per heavy atom. The molecule has 2 aliphatic rings. The number of hydrogen-bond donors (Lipinski definition) is 3. The maximum Gasteiger partial charge on any atom is 0.237 e. The molecule has 212 valence electrons. The van der Waals surface area contributed by atoms with E-state index < -0.39 is 6.04 Å². The Kier molecular flexibility index (Phi) is 9.11. The summed E-state index contributed by atoms with van der Waals surface area (Å²) >= 11 is 6.97. The fourth-order valence-corrected chi connectivity index (χ4v) is 5.72. The van der Waals surface area contributed by atoms with Crippen LogP contribution in [0.1, 0.15) is 24.8 Å². The highest BCUT2D eigenvalue weighted by Gasteiger charge is 2.30. The van der Waals surface area contributed by atoms with Crippen LogP contribution in [0.2, 0.25) is 5.02 Å². The monoisotopic (exact) mass is 566 g/mol. The molecule has 2 heterocycles. The van der Waals surface area contributed by atoms with Crippen molar-refractivity contribution in [2.24, 2.45) is 0 Å². The smallest absolute Gasteiger partial charge is 0.237 e. The number of likely N-dealkylation sites (tertiary alicyclic amines) is 1. The summed E-state index contributed by atoms with van der Waals surface area (Å²) in [5.41, 5.74) is 4.61. The van der Waals surface area contributed by atoms with Gasteiger partial charge in [-0.05, 0) is 48.7 Å². The van der Waals surface area contributed by atoms with Crippen LogP contribution in [0, 0.1) is 0 Å². The number of nitrogens with one attached hydrogen (secondary N) is 1. The first kappa shape index (κ1) is 28.2. The van der Waals surface area contributed by atoms with E-state index in [0.717, 1.165) is 59.4 Å². The Labute approximate surface area is 239 Å². The van der Waals surface area contributed by atoms with E-state index in [2.05, 4.69) is 10.2 Å². The molecule has 1 saturated heterocycles. The number of fused-ring (bicyclic) bond motifs is 1. The number of hydrogen-bond acceptors (Lipinski definition) is 7. The molecule has 5 rings (SSSR count). The number of rotatable bonds is 9. The molecule has 40 heavy (non-hydrogen) atoms. The number of benzene rings is 3. The van der Waals surface area contributed by atoms with E-state index in [9.17, 15) is 15.0 Å². The second-order valence-corrected chi connectivity index (χ2v) is 10.5. The van der Waals surface area contributed by atoms with E-state index in [4.69, 9.17) is 25.8 Å². The first-order valence-corrected chi connectivity index (χ1v) is 14.0. The Morgan fingerprint density at radius 1 is 1.02 bits per heavy atom. The third-order valence-corrected chi connectivity index (χ3v) is 7.93. The normalized spacial score (nSPS) is 17.1. The number of piperidine rings is 1. The molecule has 0 saturated carbocycles. The fraction of sp³-hybridized carbons (Fsp3) is 0.387. The van der Waals surface area contributed by atoms with Crippen LogP contribution in [0.5, 0.6) is 17.2 Å². The van der Waals surface area contributed by atoms with Gasteiger partial charge in [-0.2, -0.15) is 0 Å². The van der Waals surface area contributed by atoms with E-state index in [1.54, 1.807) is 7.11 Å². The van der Waals surface area contributed by atoms with Gasteiger partial charge in [0.05, 0.1) is 37.4 Å². The van der Waals surface area contributed by atoms with E-state index >= 15 is 0 Å². The number of halogens is 1. The summed E-state index contributed by atoms with van der Waals surface area (Å²) in [6.45, 7) is 1.76. The molecule has 0 spiro atoms. The van der Waals surface area contributed by atoms with Gasteiger partial charge in [0.25, 0.3) is 0 Å². The quantitative estimate of drug-likeness (QED) is 0.355. The van der Waals surface area contributed by atoms with Crippen molar-refractivity contribution in [2.45, 2.75) is 37.9 Å². The number of aliphatic hydroxyl groups is 2. The summed E-state index contributed by atoms with van der Waals surface area (Å²) in [7, 11) is 1.64.